The molecule has 12 nitrogen and oxygen atoms in total. The Kier molecular flexibility index (Phi) is 9.68. The molecule has 0 aliphatic heterocycles. The number of aromatic nitrogens is 1. The standard InChI is InChI=1S/C30H31N5O7S/c1-39-20-13-9-8-12-19(20)35(30(38)27-23(31)24(28(32)36)34-43-27)25(29(37)33-16-17-10-6-5-7-11-17)18-14-21(40-2)26(42-4)22(15-18)41-3/h5-15,25H,16,31H2,1-4H3,(H2,32,36)(H,33,37)/t25-/m0/s1. The number of ether oxygens (including phenoxy) is 4. The summed E-state index contributed by atoms with van der Waals surface area (Å²) in [6.07, 6.45) is 0. The van der Waals surface area contributed by atoms with Gasteiger partial charge in [-0.25, -0.2) is 0 Å². The molecule has 0 unspecified atom stereocenters. The molecular weight excluding hydrogens is 574 g/mol. The van der Waals surface area contributed by atoms with E-state index in [1.807, 2.05) is 30.3 Å². The highest BCUT2D eigenvalue weighted by Gasteiger charge is 2.38. The van der Waals surface area contributed by atoms with Crippen molar-refractivity contribution in [3.05, 3.63) is 88.4 Å². The van der Waals surface area contributed by atoms with E-state index in [1.54, 1.807) is 36.4 Å². The number of hydrogen-bond donors (Lipinski definition) is 3. The Bertz CT molecular complexity index is 1600. The number of nitrogens with one attached hydrogen (secondary N) is 1. The van der Waals surface area contributed by atoms with Gasteiger partial charge < -0.3 is 35.7 Å². The smallest absolute Gasteiger partial charge is 0.273 e. The van der Waals surface area contributed by atoms with Gasteiger partial charge in [0.25, 0.3) is 11.8 Å². The summed E-state index contributed by atoms with van der Waals surface area (Å²) in [5.41, 5.74) is 12.6. The Morgan fingerprint density at radius 1 is 0.884 bits per heavy atom. The predicted molar refractivity (Wildman–Crippen MR) is 162 cm³/mol. The number of rotatable bonds is 12. The molecule has 1 aromatic heterocycles. The number of methoxy groups -OCH3 is 4. The number of carbonyl (C=O) groups excluding carboxylic acids is 3. The van der Waals surface area contributed by atoms with Crippen molar-refractivity contribution >= 4 is 40.6 Å². The fraction of sp³-hybridized carbons (Fsp3) is 0.200. The van der Waals surface area contributed by atoms with E-state index in [0.717, 1.165) is 5.56 Å². The number of nitrogens with zero attached hydrogens (tertiary/aromatic N) is 2. The molecule has 3 aromatic carbocycles. The lowest BCUT2D eigenvalue weighted by Crippen LogP contribution is -2.44. The summed E-state index contributed by atoms with van der Waals surface area (Å²) in [6.45, 7) is 0.170. The number of nitrogen functional groups attached to an aromatic ring is 1. The van der Waals surface area contributed by atoms with Gasteiger partial charge in [-0.1, -0.05) is 42.5 Å². The summed E-state index contributed by atoms with van der Waals surface area (Å²) >= 11 is 0.696. The molecule has 0 aliphatic rings. The van der Waals surface area contributed by atoms with Crippen molar-refractivity contribution < 1.29 is 33.3 Å². The summed E-state index contributed by atoms with van der Waals surface area (Å²) in [4.78, 5) is 41.7. The van der Waals surface area contributed by atoms with E-state index >= 15 is 0 Å². The number of carbonyl (C=O) groups is 3. The molecule has 0 radical (unpaired) electrons. The van der Waals surface area contributed by atoms with Gasteiger partial charge in [-0.05, 0) is 46.9 Å². The largest absolute Gasteiger partial charge is 0.495 e. The topological polar surface area (TPSA) is 168 Å². The Labute approximate surface area is 252 Å². The van der Waals surface area contributed by atoms with Crippen molar-refractivity contribution in [1.82, 2.24) is 9.69 Å². The first-order chi connectivity index (χ1) is 20.7. The first-order valence-corrected chi connectivity index (χ1v) is 13.7. The van der Waals surface area contributed by atoms with E-state index in [9.17, 15) is 14.4 Å². The summed E-state index contributed by atoms with van der Waals surface area (Å²) in [5, 5.41) is 2.93. The maximum atomic E-state index is 14.4. The van der Waals surface area contributed by atoms with Gasteiger partial charge >= 0.3 is 0 Å². The molecule has 5 N–H and O–H groups in total. The van der Waals surface area contributed by atoms with E-state index in [-0.39, 0.29) is 40.0 Å². The minimum absolute atomic E-state index is 0.0898. The number of hydrogen-bond acceptors (Lipinski definition) is 10. The molecule has 0 saturated heterocycles. The van der Waals surface area contributed by atoms with E-state index in [4.69, 9.17) is 30.4 Å². The molecule has 1 heterocycles. The van der Waals surface area contributed by atoms with Crippen LogP contribution in [0.5, 0.6) is 23.0 Å². The number of benzene rings is 3. The molecule has 13 heteroatoms. The van der Waals surface area contributed by atoms with Gasteiger partial charge in [0.1, 0.15) is 16.7 Å². The maximum Gasteiger partial charge on any atom is 0.273 e. The highest BCUT2D eigenvalue weighted by atomic mass is 32.1. The molecule has 43 heavy (non-hydrogen) atoms. The van der Waals surface area contributed by atoms with Crippen LogP contribution in [0.3, 0.4) is 0 Å². The van der Waals surface area contributed by atoms with E-state index < -0.39 is 23.8 Å². The predicted octanol–water partition coefficient (Wildman–Crippen LogP) is 3.56. The zero-order valence-electron chi connectivity index (χ0n) is 24.0. The fourth-order valence-corrected chi connectivity index (χ4v) is 5.23. The lowest BCUT2D eigenvalue weighted by Gasteiger charge is -2.32. The van der Waals surface area contributed by atoms with Crippen molar-refractivity contribution in [2.75, 3.05) is 39.1 Å². The van der Waals surface area contributed by atoms with Crippen LogP contribution in [0.2, 0.25) is 0 Å². The van der Waals surface area contributed by atoms with Crippen LogP contribution in [0, 0.1) is 0 Å². The third-order valence-electron chi connectivity index (χ3n) is 6.54. The van der Waals surface area contributed by atoms with Gasteiger partial charge in [-0.2, -0.15) is 4.37 Å². The van der Waals surface area contributed by atoms with Gasteiger partial charge in [0.2, 0.25) is 11.7 Å². The second kappa shape index (κ2) is 13.6. The van der Waals surface area contributed by atoms with Crippen molar-refractivity contribution in [2.24, 2.45) is 5.73 Å². The highest BCUT2D eigenvalue weighted by Crippen LogP contribution is 2.43. The van der Waals surface area contributed by atoms with Crippen molar-refractivity contribution in [3.8, 4) is 23.0 Å². The minimum Gasteiger partial charge on any atom is -0.495 e. The van der Waals surface area contributed by atoms with Gasteiger partial charge in [-0.15, -0.1) is 0 Å². The van der Waals surface area contributed by atoms with Gasteiger partial charge in [0, 0.05) is 6.54 Å². The number of para-hydroxylation sites is 2. The summed E-state index contributed by atoms with van der Waals surface area (Å²) in [5.74, 6) is -1.04. The van der Waals surface area contributed by atoms with Gasteiger partial charge in [0.15, 0.2) is 17.2 Å². The van der Waals surface area contributed by atoms with Gasteiger partial charge in [0.05, 0.1) is 39.8 Å². The first-order valence-electron chi connectivity index (χ1n) is 12.9. The van der Waals surface area contributed by atoms with Crippen LogP contribution in [-0.2, 0) is 11.3 Å². The number of primary amides is 1. The number of amides is 3. The van der Waals surface area contributed by atoms with Crippen molar-refractivity contribution in [3.63, 3.8) is 0 Å². The Hall–Kier alpha value is -5.30. The zero-order chi connectivity index (χ0) is 31.1. The Morgan fingerprint density at radius 3 is 2.05 bits per heavy atom. The monoisotopic (exact) mass is 605 g/mol. The summed E-state index contributed by atoms with van der Waals surface area (Å²) < 4.78 is 26.2. The van der Waals surface area contributed by atoms with Crippen LogP contribution in [0.4, 0.5) is 11.4 Å². The lowest BCUT2D eigenvalue weighted by atomic mass is 10.0. The molecule has 3 amide bonds. The molecule has 0 aliphatic carbocycles. The first kappa shape index (κ1) is 30.7. The fourth-order valence-electron chi connectivity index (χ4n) is 4.49. The third kappa shape index (κ3) is 6.31. The zero-order valence-corrected chi connectivity index (χ0v) is 24.8. The minimum atomic E-state index is -1.33. The second-order valence-electron chi connectivity index (χ2n) is 9.05. The normalized spacial score (nSPS) is 11.3. The molecule has 4 aromatic rings. The second-order valence-corrected chi connectivity index (χ2v) is 9.82. The molecule has 0 spiro atoms. The van der Waals surface area contributed by atoms with Crippen LogP contribution >= 0.6 is 11.5 Å². The third-order valence-corrected chi connectivity index (χ3v) is 7.39. The van der Waals surface area contributed by atoms with Crippen LogP contribution in [0.15, 0.2) is 66.7 Å². The lowest BCUT2D eigenvalue weighted by molar-refractivity contribution is -0.122. The van der Waals surface area contributed by atoms with Crippen LogP contribution in [0.25, 0.3) is 0 Å². The summed E-state index contributed by atoms with van der Waals surface area (Å²) in [6, 6.07) is 17.8. The molecular formula is C30H31N5O7S. The quantitative estimate of drug-likeness (QED) is 0.219. The number of anilines is 2. The van der Waals surface area contributed by atoms with E-state index in [2.05, 4.69) is 9.69 Å². The average molecular weight is 606 g/mol. The van der Waals surface area contributed by atoms with E-state index in [0.29, 0.717) is 28.6 Å². The summed E-state index contributed by atoms with van der Waals surface area (Å²) in [7, 11) is 5.78. The Balaban J connectivity index is 1.97. The van der Waals surface area contributed by atoms with Crippen LogP contribution in [0.1, 0.15) is 37.3 Å². The SMILES string of the molecule is COc1ccccc1N(C(=O)c1snc(C(N)=O)c1N)[C@H](C(=O)NCc1ccccc1)c1cc(OC)c(OC)c(OC)c1. The van der Waals surface area contributed by atoms with Gasteiger partial charge in [-0.3, -0.25) is 19.3 Å². The molecule has 4 rings (SSSR count). The Morgan fingerprint density at radius 2 is 1.49 bits per heavy atom. The highest BCUT2D eigenvalue weighted by molar-refractivity contribution is 7.09. The number of nitrogens with two attached hydrogens (primary N) is 2. The van der Waals surface area contributed by atoms with Crippen LogP contribution < -0.4 is 40.6 Å². The molecule has 0 fully saturated rings. The molecule has 1 atom stereocenters. The molecule has 224 valence electrons. The van der Waals surface area contributed by atoms with Crippen molar-refractivity contribution in [2.45, 2.75) is 12.6 Å². The molecule has 0 bridgehead atoms. The van der Waals surface area contributed by atoms with Crippen LogP contribution in [-0.4, -0.2) is 50.5 Å². The van der Waals surface area contributed by atoms with Crippen molar-refractivity contribution in [1.29, 1.82) is 0 Å². The maximum absolute atomic E-state index is 14.4. The molecule has 0 saturated carbocycles. The average Bonchev–Trinajstić information content (AvgIpc) is 3.43. The van der Waals surface area contributed by atoms with E-state index in [1.165, 1.54) is 33.3 Å².